The third-order valence-corrected chi connectivity index (χ3v) is 3.98. The normalized spacial score (nSPS) is 14.4. The van der Waals surface area contributed by atoms with Crippen LogP contribution in [-0.2, 0) is 18.3 Å². The maximum absolute atomic E-state index is 12.2. The topological polar surface area (TPSA) is 88.5 Å². The standard InChI is InChI=1S/C15H16N6O/c1-21-14(9-6-7-9)19-20-15(21)16-13(22)8-12-10-4-2-3-5-11(10)17-18-12/h2-5,9H,6-8H2,1H3,(H,17,18)(H,16,20,22). The minimum atomic E-state index is -0.132. The number of para-hydroxylation sites is 1. The third-order valence-electron chi connectivity index (χ3n) is 3.98. The molecule has 0 atom stereocenters. The Morgan fingerprint density at radius 1 is 1.36 bits per heavy atom. The average Bonchev–Trinajstić information content (AvgIpc) is 3.19. The van der Waals surface area contributed by atoms with E-state index in [0.29, 0.717) is 11.9 Å². The number of fused-ring (bicyclic) bond motifs is 1. The Hall–Kier alpha value is -2.70. The lowest BCUT2D eigenvalue weighted by Crippen LogP contribution is -2.17. The summed E-state index contributed by atoms with van der Waals surface area (Å²) in [5, 5.41) is 19.1. The molecule has 2 heterocycles. The molecule has 0 bridgehead atoms. The number of aromatic nitrogens is 5. The van der Waals surface area contributed by atoms with Gasteiger partial charge in [0.1, 0.15) is 5.82 Å². The van der Waals surface area contributed by atoms with Crippen LogP contribution in [0.1, 0.15) is 30.3 Å². The van der Waals surface area contributed by atoms with Gasteiger partial charge in [0.2, 0.25) is 11.9 Å². The Kier molecular flexibility index (Phi) is 2.92. The molecule has 2 aromatic heterocycles. The smallest absolute Gasteiger partial charge is 0.232 e. The summed E-state index contributed by atoms with van der Waals surface area (Å²) in [6.07, 6.45) is 2.53. The van der Waals surface area contributed by atoms with E-state index in [1.807, 2.05) is 35.9 Å². The SMILES string of the molecule is Cn1c(NC(=O)Cc2[nH]nc3ccccc23)nnc1C1CC1. The first kappa shape index (κ1) is 13.0. The van der Waals surface area contributed by atoms with E-state index in [-0.39, 0.29) is 12.3 Å². The molecule has 7 nitrogen and oxygen atoms in total. The Morgan fingerprint density at radius 3 is 3.00 bits per heavy atom. The van der Waals surface area contributed by atoms with Gasteiger partial charge in [0.15, 0.2) is 0 Å². The number of carbonyl (C=O) groups excluding carboxylic acids is 1. The number of hydrogen-bond donors (Lipinski definition) is 2. The molecule has 1 aliphatic rings. The van der Waals surface area contributed by atoms with Crippen LogP contribution < -0.4 is 5.32 Å². The number of benzene rings is 1. The first-order valence-electron chi connectivity index (χ1n) is 7.33. The molecule has 2 N–H and O–H groups in total. The first-order valence-corrected chi connectivity index (χ1v) is 7.33. The molecule has 0 spiro atoms. The molecule has 4 rings (SSSR count). The van der Waals surface area contributed by atoms with E-state index in [4.69, 9.17) is 0 Å². The number of amides is 1. The number of nitrogens with zero attached hydrogens (tertiary/aromatic N) is 4. The summed E-state index contributed by atoms with van der Waals surface area (Å²) in [4.78, 5) is 12.2. The lowest BCUT2D eigenvalue weighted by atomic mass is 10.1. The zero-order valence-electron chi connectivity index (χ0n) is 12.2. The van der Waals surface area contributed by atoms with E-state index in [1.165, 1.54) is 0 Å². The number of carbonyl (C=O) groups is 1. The van der Waals surface area contributed by atoms with Gasteiger partial charge >= 0.3 is 0 Å². The summed E-state index contributed by atoms with van der Waals surface area (Å²) in [7, 11) is 1.88. The summed E-state index contributed by atoms with van der Waals surface area (Å²) in [5.41, 5.74) is 1.66. The van der Waals surface area contributed by atoms with Gasteiger partial charge in [-0.15, -0.1) is 10.2 Å². The highest BCUT2D eigenvalue weighted by Gasteiger charge is 2.29. The van der Waals surface area contributed by atoms with Crippen molar-refractivity contribution in [2.24, 2.45) is 7.05 Å². The lowest BCUT2D eigenvalue weighted by molar-refractivity contribution is -0.115. The molecule has 0 aliphatic heterocycles. The van der Waals surface area contributed by atoms with Crippen molar-refractivity contribution in [3.63, 3.8) is 0 Å². The van der Waals surface area contributed by atoms with E-state index in [2.05, 4.69) is 25.7 Å². The molecule has 0 radical (unpaired) electrons. The molecule has 1 aromatic carbocycles. The molecule has 22 heavy (non-hydrogen) atoms. The molecule has 0 saturated heterocycles. The highest BCUT2D eigenvalue weighted by atomic mass is 16.1. The quantitative estimate of drug-likeness (QED) is 0.767. The molecular weight excluding hydrogens is 280 g/mol. The summed E-state index contributed by atoms with van der Waals surface area (Å²) in [6, 6.07) is 7.72. The van der Waals surface area contributed by atoms with Crippen molar-refractivity contribution in [1.82, 2.24) is 25.0 Å². The average molecular weight is 296 g/mol. The van der Waals surface area contributed by atoms with Gasteiger partial charge in [-0.1, -0.05) is 18.2 Å². The Balaban J connectivity index is 1.50. The van der Waals surface area contributed by atoms with Crippen LogP contribution in [-0.4, -0.2) is 30.9 Å². The summed E-state index contributed by atoms with van der Waals surface area (Å²) < 4.78 is 1.86. The molecule has 1 fully saturated rings. The lowest BCUT2D eigenvalue weighted by Gasteiger charge is -2.04. The van der Waals surface area contributed by atoms with Crippen molar-refractivity contribution in [2.45, 2.75) is 25.2 Å². The van der Waals surface area contributed by atoms with Gasteiger partial charge < -0.3 is 4.57 Å². The number of nitrogens with one attached hydrogen (secondary N) is 2. The summed E-state index contributed by atoms with van der Waals surface area (Å²) in [6.45, 7) is 0. The number of anilines is 1. The molecule has 1 saturated carbocycles. The second-order valence-electron chi connectivity index (χ2n) is 5.66. The number of aromatic amines is 1. The van der Waals surface area contributed by atoms with Crippen molar-refractivity contribution in [3.8, 4) is 0 Å². The van der Waals surface area contributed by atoms with E-state index < -0.39 is 0 Å². The van der Waals surface area contributed by atoms with Gasteiger partial charge in [0.25, 0.3) is 0 Å². The molecule has 1 amide bonds. The van der Waals surface area contributed by atoms with Gasteiger partial charge in [-0.25, -0.2) is 0 Å². The number of rotatable bonds is 4. The molecular formula is C15H16N6O. The van der Waals surface area contributed by atoms with E-state index in [1.54, 1.807) is 0 Å². The van der Waals surface area contributed by atoms with Crippen molar-refractivity contribution in [2.75, 3.05) is 5.32 Å². The Morgan fingerprint density at radius 2 is 2.18 bits per heavy atom. The fraction of sp³-hybridized carbons (Fsp3) is 0.333. The van der Waals surface area contributed by atoms with E-state index in [0.717, 1.165) is 35.3 Å². The van der Waals surface area contributed by atoms with Gasteiger partial charge in [0, 0.05) is 18.4 Å². The van der Waals surface area contributed by atoms with Crippen molar-refractivity contribution in [1.29, 1.82) is 0 Å². The predicted molar refractivity (Wildman–Crippen MR) is 81.4 cm³/mol. The highest BCUT2D eigenvalue weighted by Crippen LogP contribution is 2.39. The largest absolute Gasteiger partial charge is 0.300 e. The monoisotopic (exact) mass is 296 g/mol. The fourth-order valence-corrected chi connectivity index (χ4v) is 2.63. The van der Waals surface area contributed by atoms with Crippen LogP contribution in [0.15, 0.2) is 24.3 Å². The van der Waals surface area contributed by atoms with Gasteiger partial charge in [-0.2, -0.15) is 5.10 Å². The first-order chi connectivity index (χ1) is 10.7. The van der Waals surface area contributed by atoms with E-state index in [9.17, 15) is 4.79 Å². The summed E-state index contributed by atoms with van der Waals surface area (Å²) >= 11 is 0. The van der Waals surface area contributed by atoms with Crippen molar-refractivity contribution < 1.29 is 4.79 Å². The zero-order chi connectivity index (χ0) is 15.1. The molecule has 0 unspecified atom stereocenters. The maximum Gasteiger partial charge on any atom is 0.232 e. The van der Waals surface area contributed by atoms with Crippen LogP contribution >= 0.6 is 0 Å². The van der Waals surface area contributed by atoms with Gasteiger partial charge in [-0.05, 0) is 18.9 Å². The van der Waals surface area contributed by atoms with Crippen molar-refractivity contribution in [3.05, 3.63) is 35.8 Å². The van der Waals surface area contributed by atoms with Crippen LogP contribution in [0.4, 0.5) is 5.95 Å². The van der Waals surface area contributed by atoms with Crippen LogP contribution in [0.3, 0.4) is 0 Å². The summed E-state index contributed by atoms with van der Waals surface area (Å²) in [5.74, 6) is 1.81. The van der Waals surface area contributed by atoms with E-state index >= 15 is 0 Å². The number of hydrogen-bond acceptors (Lipinski definition) is 4. The fourth-order valence-electron chi connectivity index (χ4n) is 2.63. The molecule has 112 valence electrons. The minimum absolute atomic E-state index is 0.132. The number of H-pyrrole nitrogens is 1. The predicted octanol–water partition coefficient (Wildman–Crippen LogP) is 1.75. The molecule has 3 aromatic rings. The second-order valence-corrected chi connectivity index (χ2v) is 5.66. The van der Waals surface area contributed by atoms with Crippen molar-refractivity contribution >= 4 is 22.8 Å². The third kappa shape index (κ3) is 2.24. The minimum Gasteiger partial charge on any atom is -0.300 e. The maximum atomic E-state index is 12.2. The molecule has 7 heteroatoms. The Labute approximate surface area is 126 Å². The van der Waals surface area contributed by atoms with Gasteiger partial charge in [0.05, 0.1) is 17.6 Å². The van der Waals surface area contributed by atoms with Crippen LogP contribution in [0, 0.1) is 0 Å². The van der Waals surface area contributed by atoms with Crippen LogP contribution in [0.2, 0.25) is 0 Å². The molecule has 1 aliphatic carbocycles. The van der Waals surface area contributed by atoms with Crippen LogP contribution in [0.25, 0.3) is 10.9 Å². The highest BCUT2D eigenvalue weighted by molar-refractivity contribution is 5.93. The van der Waals surface area contributed by atoms with Gasteiger partial charge in [-0.3, -0.25) is 15.2 Å². The second kappa shape index (κ2) is 4.94. The zero-order valence-corrected chi connectivity index (χ0v) is 12.2. The Bertz CT molecular complexity index is 845. The van der Waals surface area contributed by atoms with Crippen LogP contribution in [0.5, 0.6) is 0 Å².